The second-order valence-electron chi connectivity index (χ2n) is 7.02. The van der Waals surface area contributed by atoms with Gasteiger partial charge in [-0.15, -0.1) is 0 Å². The van der Waals surface area contributed by atoms with E-state index in [0.717, 1.165) is 22.6 Å². The smallest absolute Gasteiger partial charge is 0.338 e. The van der Waals surface area contributed by atoms with Gasteiger partial charge in [0.25, 0.3) is 0 Å². The van der Waals surface area contributed by atoms with Crippen molar-refractivity contribution in [3.63, 3.8) is 0 Å². The van der Waals surface area contributed by atoms with Crippen LogP contribution in [0.5, 0.6) is 0 Å². The molecule has 154 valence electrons. The fourth-order valence-electron chi connectivity index (χ4n) is 3.46. The van der Waals surface area contributed by atoms with Gasteiger partial charge in [0.05, 0.1) is 17.3 Å². The zero-order valence-electron chi connectivity index (χ0n) is 15.9. The van der Waals surface area contributed by atoms with Gasteiger partial charge in [-0.25, -0.2) is 18.4 Å². The van der Waals surface area contributed by atoms with Crippen molar-refractivity contribution in [3.05, 3.63) is 76.5 Å². The van der Waals surface area contributed by atoms with Crippen LogP contribution in [0.15, 0.2) is 53.7 Å². The number of urea groups is 1. The predicted octanol–water partition coefficient (Wildman–Crippen LogP) is 2.79. The molecule has 0 bridgehead atoms. The number of halogens is 2. The van der Waals surface area contributed by atoms with Crippen molar-refractivity contribution in [1.29, 1.82) is 0 Å². The number of nitrogens with zero attached hydrogens (tertiary/aromatic N) is 1. The Morgan fingerprint density at radius 2 is 1.83 bits per heavy atom. The lowest BCUT2D eigenvalue weighted by Gasteiger charge is -2.32. The van der Waals surface area contributed by atoms with Gasteiger partial charge in [0, 0.05) is 11.8 Å². The summed E-state index contributed by atoms with van der Waals surface area (Å²) in [4.78, 5) is 38.5. The highest BCUT2D eigenvalue weighted by molar-refractivity contribution is 6.00. The highest BCUT2D eigenvalue weighted by atomic mass is 19.1. The number of ether oxygens (including phenoxy) is 1. The molecule has 9 heteroatoms. The largest absolute Gasteiger partial charge is 0.456 e. The number of esters is 1. The quantitative estimate of drug-likeness (QED) is 0.755. The molecule has 2 heterocycles. The number of carbonyl (C=O) groups excluding carboxylic acids is 3. The van der Waals surface area contributed by atoms with Crippen molar-refractivity contribution < 1.29 is 27.9 Å². The standard InChI is InChI=1S/C21H17F2N3O4/c1-11-2-4-12(5-3-11)19-18-16(10-30-20(18)28)26(21(29)25-19)9-17(27)24-15-7-13(22)6-14(23)8-15/h2-8,19H,9-10H2,1H3,(H,24,27)(H,25,29). The Kier molecular flexibility index (Phi) is 4.94. The lowest BCUT2D eigenvalue weighted by molar-refractivity contribution is -0.136. The molecular formula is C21H17F2N3O4. The fourth-order valence-corrected chi connectivity index (χ4v) is 3.46. The van der Waals surface area contributed by atoms with Crippen LogP contribution in [0.25, 0.3) is 0 Å². The molecular weight excluding hydrogens is 396 g/mol. The summed E-state index contributed by atoms with van der Waals surface area (Å²) in [5, 5.41) is 5.06. The molecule has 3 amide bonds. The number of hydrogen-bond acceptors (Lipinski definition) is 4. The normalized spacial score (nSPS) is 18.1. The van der Waals surface area contributed by atoms with E-state index in [9.17, 15) is 23.2 Å². The van der Waals surface area contributed by atoms with Crippen LogP contribution in [0.1, 0.15) is 17.2 Å². The van der Waals surface area contributed by atoms with Crippen LogP contribution in [0.2, 0.25) is 0 Å². The van der Waals surface area contributed by atoms with E-state index >= 15 is 0 Å². The molecule has 0 spiro atoms. The number of rotatable bonds is 4. The van der Waals surface area contributed by atoms with Crippen molar-refractivity contribution in [2.75, 3.05) is 18.5 Å². The maximum Gasteiger partial charge on any atom is 0.338 e. The van der Waals surface area contributed by atoms with Crippen molar-refractivity contribution >= 4 is 23.6 Å². The summed E-state index contributed by atoms with van der Waals surface area (Å²) in [5.41, 5.74) is 2.19. The van der Waals surface area contributed by atoms with E-state index < -0.39 is 42.1 Å². The average Bonchev–Trinajstić information content (AvgIpc) is 3.05. The molecule has 1 unspecified atom stereocenters. The van der Waals surface area contributed by atoms with E-state index in [0.29, 0.717) is 11.6 Å². The molecule has 0 radical (unpaired) electrons. The first-order valence-corrected chi connectivity index (χ1v) is 9.12. The Morgan fingerprint density at radius 1 is 1.17 bits per heavy atom. The molecule has 7 nitrogen and oxygen atoms in total. The van der Waals surface area contributed by atoms with Crippen LogP contribution < -0.4 is 10.6 Å². The van der Waals surface area contributed by atoms with Gasteiger partial charge >= 0.3 is 12.0 Å². The predicted molar refractivity (Wildman–Crippen MR) is 102 cm³/mol. The Labute approximate surface area is 170 Å². The number of amides is 3. The molecule has 1 atom stereocenters. The van der Waals surface area contributed by atoms with Gasteiger partial charge in [-0.05, 0) is 24.6 Å². The first-order chi connectivity index (χ1) is 14.3. The van der Waals surface area contributed by atoms with Gasteiger partial charge in [0.1, 0.15) is 24.8 Å². The maximum atomic E-state index is 13.3. The van der Waals surface area contributed by atoms with Crippen molar-refractivity contribution in [2.45, 2.75) is 13.0 Å². The zero-order chi connectivity index (χ0) is 21.4. The summed E-state index contributed by atoms with van der Waals surface area (Å²) in [5.74, 6) is -2.95. The Morgan fingerprint density at radius 3 is 2.50 bits per heavy atom. The average molecular weight is 413 g/mol. The lowest BCUT2D eigenvalue weighted by Crippen LogP contribution is -2.49. The second kappa shape index (κ2) is 7.58. The third-order valence-corrected chi connectivity index (χ3v) is 4.86. The van der Waals surface area contributed by atoms with E-state index in [-0.39, 0.29) is 23.6 Å². The van der Waals surface area contributed by atoms with Crippen LogP contribution in [-0.2, 0) is 14.3 Å². The monoisotopic (exact) mass is 413 g/mol. The molecule has 0 aromatic heterocycles. The number of nitrogens with one attached hydrogen (secondary N) is 2. The van der Waals surface area contributed by atoms with Gasteiger partial charge in [0.15, 0.2) is 0 Å². The summed E-state index contributed by atoms with van der Waals surface area (Å²) in [6.45, 7) is 1.31. The molecule has 2 aromatic rings. The molecule has 4 rings (SSSR count). The van der Waals surface area contributed by atoms with Crippen molar-refractivity contribution in [3.8, 4) is 0 Å². The summed E-state index contributed by atoms with van der Waals surface area (Å²) in [6.07, 6.45) is 0. The van der Waals surface area contributed by atoms with Gasteiger partial charge < -0.3 is 15.4 Å². The number of carbonyl (C=O) groups is 3. The van der Waals surface area contributed by atoms with E-state index in [1.807, 2.05) is 19.1 Å². The van der Waals surface area contributed by atoms with Crippen molar-refractivity contribution in [2.24, 2.45) is 0 Å². The van der Waals surface area contributed by atoms with Crippen LogP contribution in [0, 0.1) is 18.6 Å². The Balaban J connectivity index is 1.59. The summed E-state index contributed by atoms with van der Waals surface area (Å²) >= 11 is 0. The molecule has 0 aliphatic carbocycles. The van der Waals surface area contributed by atoms with Gasteiger partial charge in [-0.2, -0.15) is 0 Å². The first kappa shape index (κ1) is 19.6. The minimum atomic E-state index is -0.846. The van der Waals surface area contributed by atoms with Crippen LogP contribution in [0.4, 0.5) is 19.3 Å². The van der Waals surface area contributed by atoms with Gasteiger partial charge in [-0.3, -0.25) is 9.69 Å². The fraction of sp³-hybridized carbons (Fsp3) is 0.190. The lowest BCUT2D eigenvalue weighted by atomic mass is 9.95. The minimum Gasteiger partial charge on any atom is -0.456 e. The SMILES string of the molecule is Cc1ccc(C2NC(=O)N(CC(=O)Nc3cc(F)cc(F)c3)C3=C2C(=O)OC3)cc1. The van der Waals surface area contributed by atoms with E-state index in [1.54, 1.807) is 12.1 Å². The molecule has 2 aliphatic rings. The highest BCUT2D eigenvalue weighted by Gasteiger charge is 2.42. The topological polar surface area (TPSA) is 87.7 Å². The van der Waals surface area contributed by atoms with Gasteiger partial charge in [-0.1, -0.05) is 29.8 Å². The number of cyclic esters (lactones) is 1. The Bertz CT molecular complexity index is 1060. The van der Waals surface area contributed by atoms with E-state index in [1.165, 1.54) is 0 Å². The first-order valence-electron chi connectivity index (χ1n) is 9.12. The molecule has 0 saturated carbocycles. The molecule has 2 N–H and O–H groups in total. The summed E-state index contributed by atoms with van der Waals surface area (Å²) in [7, 11) is 0. The molecule has 0 saturated heterocycles. The number of hydrogen-bond donors (Lipinski definition) is 2. The molecule has 0 fully saturated rings. The van der Waals surface area contributed by atoms with E-state index in [4.69, 9.17) is 4.74 Å². The van der Waals surface area contributed by atoms with Crippen molar-refractivity contribution in [1.82, 2.24) is 10.2 Å². The van der Waals surface area contributed by atoms with E-state index in [2.05, 4.69) is 10.6 Å². The minimum absolute atomic E-state index is 0.0830. The molecule has 2 aliphatic heterocycles. The summed E-state index contributed by atoms with van der Waals surface area (Å²) in [6, 6.07) is 8.64. The maximum absolute atomic E-state index is 13.3. The second-order valence-corrected chi connectivity index (χ2v) is 7.02. The van der Waals surface area contributed by atoms with Crippen LogP contribution in [-0.4, -0.2) is 36.0 Å². The number of aryl methyl sites for hydroxylation is 1. The summed E-state index contributed by atoms with van der Waals surface area (Å²) < 4.78 is 31.7. The molecule has 2 aromatic carbocycles. The number of benzene rings is 2. The third kappa shape index (κ3) is 3.73. The molecule has 30 heavy (non-hydrogen) atoms. The highest BCUT2D eigenvalue weighted by Crippen LogP contribution is 2.35. The third-order valence-electron chi connectivity index (χ3n) is 4.86. The number of anilines is 1. The Hall–Kier alpha value is -3.75. The zero-order valence-corrected chi connectivity index (χ0v) is 15.9. The van der Waals surface area contributed by atoms with Crippen LogP contribution >= 0.6 is 0 Å². The van der Waals surface area contributed by atoms with Gasteiger partial charge in [0.2, 0.25) is 5.91 Å². The van der Waals surface area contributed by atoms with Crippen LogP contribution in [0.3, 0.4) is 0 Å².